The number of fused-ring (bicyclic) bond motifs is 3. The van der Waals surface area contributed by atoms with Crippen LogP contribution in [0, 0.1) is 0 Å². The zero-order valence-electron chi connectivity index (χ0n) is 48.4. The molecule has 8 atom stereocenters. The first-order valence-electron chi connectivity index (χ1n) is 28.1. The molecule has 0 fully saturated rings. The summed E-state index contributed by atoms with van der Waals surface area (Å²) in [5.74, 6) is -30.2. The summed E-state index contributed by atoms with van der Waals surface area (Å²) in [6, 6.07) is 16.6. The van der Waals surface area contributed by atoms with Crippen molar-refractivity contribution in [2.24, 2.45) is 0 Å². The number of hydrogen-bond acceptors (Lipinski definition) is 30. The van der Waals surface area contributed by atoms with Crippen molar-refractivity contribution in [2.75, 3.05) is 0 Å². The maximum Gasteiger partial charge on any atom is 0.343 e. The molecule has 12 rings (SSSR count). The number of phenolic OH excluding ortho intramolecular Hbond substituents is 20. The highest BCUT2D eigenvalue weighted by atomic mass is 16.6. The zero-order valence-corrected chi connectivity index (χ0v) is 48.4. The Balaban J connectivity index is 1.15. The molecule has 21 N–H and O–H groups in total. The molecule has 8 unspecified atom stereocenters. The molecule has 494 valence electrons. The second-order valence-electron chi connectivity index (χ2n) is 22.4. The van der Waals surface area contributed by atoms with Gasteiger partial charge in [-0.3, -0.25) is 0 Å². The lowest BCUT2D eigenvalue weighted by molar-refractivity contribution is -0.0279. The smallest absolute Gasteiger partial charge is 0.343 e. The number of rotatable bonds is 11. The number of carbonyl (C=O) groups excluding carboxylic acids is 3. The molecule has 9 aromatic carbocycles. The lowest BCUT2D eigenvalue weighted by atomic mass is 9.74. The van der Waals surface area contributed by atoms with Crippen LogP contribution in [0.15, 0.2) is 115 Å². The van der Waals surface area contributed by atoms with Crippen LogP contribution in [0.3, 0.4) is 0 Å². The molecule has 0 aliphatic carbocycles. The Labute approximate surface area is 535 Å². The van der Waals surface area contributed by atoms with Gasteiger partial charge in [0.25, 0.3) is 0 Å². The van der Waals surface area contributed by atoms with Gasteiger partial charge in [0.15, 0.2) is 111 Å². The average molecular weight is 1320 g/mol. The van der Waals surface area contributed by atoms with Crippen LogP contribution < -0.4 is 18.9 Å². The van der Waals surface area contributed by atoms with E-state index in [-0.39, 0.29) is 16.7 Å². The van der Waals surface area contributed by atoms with Gasteiger partial charge in [0.05, 0.1) is 28.5 Å². The van der Waals surface area contributed by atoms with Crippen LogP contribution in [0.1, 0.15) is 106 Å². The van der Waals surface area contributed by atoms with E-state index < -0.39 is 255 Å². The van der Waals surface area contributed by atoms with E-state index in [1.165, 1.54) is 12.1 Å². The molecule has 3 heterocycles. The molecule has 9 aromatic rings. The summed E-state index contributed by atoms with van der Waals surface area (Å²) in [6.45, 7) is 0. The quantitative estimate of drug-likeness (QED) is 0.0351. The number of carbonyl (C=O) groups is 3. The van der Waals surface area contributed by atoms with Gasteiger partial charge in [-0.2, -0.15) is 0 Å². The van der Waals surface area contributed by atoms with Gasteiger partial charge in [-0.25, -0.2) is 14.4 Å². The van der Waals surface area contributed by atoms with Crippen LogP contribution in [-0.4, -0.2) is 143 Å². The lowest BCUT2D eigenvalue weighted by Crippen LogP contribution is -2.40. The first-order valence-corrected chi connectivity index (χ1v) is 28.1. The first-order chi connectivity index (χ1) is 45.5. The van der Waals surface area contributed by atoms with Gasteiger partial charge in [0, 0.05) is 69.6 Å². The molecule has 30 heteroatoms. The van der Waals surface area contributed by atoms with Crippen LogP contribution in [0.25, 0.3) is 0 Å². The summed E-state index contributed by atoms with van der Waals surface area (Å²) in [5.41, 5.74) is -5.93. The van der Waals surface area contributed by atoms with E-state index in [2.05, 4.69) is 0 Å². The highest BCUT2D eigenvalue weighted by Crippen LogP contribution is 2.63. The van der Waals surface area contributed by atoms with Gasteiger partial charge in [0.1, 0.15) is 64.0 Å². The second-order valence-corrected chi connectivity index (χ2v) is 22.4. The normalized spacial score (nSPS) is 19.2. The molecule has 0 saturated heterocycles. The van der Waals surface area contributed by atoms with Crippen LogP contribution in [0.4, 0.5) is 0 Å². The molecule has 96 heavy (non-hydrogen) atoms. The summed E-state index contributed by atoms with van der Waals surface area (Å²) in [6.07, 6.45) is -12.4. The Kier molecular flexibility index (Phi) is 15.4. The van der Waals surface area contributed by atoms with E-state index in [4.69, 9.17) is 28.4 Å². The number of benzene rings is 9. The zero-order chi connectivity index (χ0) is 68.9. The van der Waals surface area contributed by atoms with Gasteiger partial charge in [-0.15, -0.1) is 0 Å². The number of aromatic hydroxyl groups is 20. The second kappa shape index (κ2) is 23.5. The van der Waals surface area contributed by atoms with Gasteiger partial charge in [-0.05, 0) is 78.4 Å². The van der Waals surface area contributed by atoms with Crippen LogP contribution in [0.5, 0.6) is 138 Å². The fourth-order valence-corrected chi connectivity index (χ4v) is 11.9. The van der Waals surface area contributed by atoms with Crippen molar-refractivity contribution in [2.45, 2.75) is 54.9 Å². The van der Waals surface area contributed by atoms with Crippen LogP contribution in [0.2, 0.25) is 0 Å². The fourth-order valence-electron chi connectivity index (χ4n) is 11.9. The summed E-state index contributed by atoms with van der Waals surface area (Å²) in [4.78, 5) is 43.5. The number of aliphatic hydroxyl groups is 1. The minimum Gasteiger partial charge on any atom is -0.508 e. The lowest BCUT2D eigenvalue weighted by Gasteiger charge is -2.42. The average Bonchev–Trinajstić information content (AvgIpc) is 0.713. The van der Waals surface area contributed by atoms with E-state index in [0.717, 1.165) is 78.9 Å². The number of hydrogen-bond donors (Lipinski definition) is 21. The predicted molar refractivity (Wildman–Crippen MR) is 318 cm³/mol. The first kappa shape index (κ1) is 62.9. The van der Waals surface area contributed by atoms with E-state index in [0.29, 0.717) is 24.3 Å². The summed E-state index contributed by atoms with van der Waals surface area (Å²) < 4.78 is 37.2. The van der Waals surface area contributed by atoms with Crippen molar-refractivity contribution >= 4 is 17.9 Å². The summed E-state index contributed by atoms with van der Waals surface area (Å²) >= 11 is 0. The number of esters is 3. The van der Waals surface area contributed by atoms with Crippen molar-refractivity contribution in [1.82, 2.24) is 0 Å². The third-order valence-corrected chi connectivity index (χ3v) is 16.4. The molecule has 0 spiro atoms. The molecule has 30 nitrogen and oxygen atoms in total. The third-order valence-electron chi connectivity index (χ3n) is 16.4. The summed E-state index contributed by atoms with van der Waals surface area (Å²) in [5, 5.41) is 233. The van der Waals surface area contributed by atoms with Gasteiger partial charge >= 0.3 is 17.9 Å². The topological polar surface area (TPSA) is 531 Å². The van der Waals surface area contributed by atoms with Crippen molar-refractivity contribution in [1.29, 1.82) is 0 Å². The van der Waals surface area contributed by atoms with Crippen LogP contribution in [-0.2, 0) is 15.9 Å². The number of ether oxygens (including phenoxy) is 6. The van der Waals surface area contributed by atoms with Gasteiger partial charge in [0.2, 0.25) is 0 Å². The van der Waals surface area contributed by atoms with E-state index in [9.17, 15) is 122 Å². The molecular weight excluding hydrogens is 1270 g/mol. The minimum atomic E-state index is -2.30. The number of phenols is 20. The number of aliphatic hydroxyl groups excluding tert-OH is 1. The monoisotopic (exact) mass is 1320 g/mol. The Morgan fingerprint density at radius 1 is 0.344 bits per heavy atom. The van der Waals surface area contributed by atoms with Crippen molar-refractivity contribution in [3.05, 3.63) is 176 Å². The predicted octanol–water partition coefficient (Wildman–Crippen LogP) is 7.04. The highest BCUT2D eigenvalue weighted by Gasteiger charge is 2.52. The maximum atomic E-state index is 14.9. The van der Waals surface area contributed by atoms with Crippen molar-refractivity contribution < 1.29 is 150 Å². The molecule has 0 amide bonds. The maximum absolute atomic E-state index is 14.9. The van der Waals surface area contributed by atoms with E-state index >= 15 is 0 Å². The largest absolute Gasteiger partial charge is 0.508 e. The Morgan fingerprint density at radius 3 is 1.27 bits per heavy atom. The van der Waals surface area contributed by atoms with Gasteiger partial charge in [-0.1, -0.05) is 18.2 Å². The molecular formula is C66H50O30. The molecule has 0 radical (unpaired) electrons. The summed E-state index contributed by atoms with van der Waals surface area (Å²) in [7, 11) is 0. The Morgan fingerprint density at radius 2 is 0.771 bits per heavy atom. The van der Waals surface area contributed by atoms with Gasteiger partial charge < -0.3 is 136 Å². The third kappa shape index (κ3) is 10.8. The Bertz CT molecular complexity index is 4680. The standard InChI is InChI=1S/C66H50O30/c67-27-16-35(74)48-44(17-27)92-61(22-2-5-30(69)33(72)8-22)59(87)52(48)50-46(94-64(88)24-10-37(76)55(83)38(77)11-24)20-45-51(58(50)86)53(63(62(93-45)23-3-6-31(70)34(73)9-23)96-66(90)26-14-41(80)57(85)42(81)15-26)49-36(75)19-43-28(54(49)82)18-47(60(91-43)21-1-4-29(68)32(71)7-21)95-65(89)25-12-39(78)56(84)40(79)13-25/h1-17,19-20,47,52-53,59-63,67-87H,18H2. The van der Waals surface area contributed by atoms with E-state index in [1.54, 1.807) is 0 Å². The highest BCUT2D eigenvalue weighted by molar-refractivity contribution is 5.94. The fraction of sp³-hybridized carbons (Fsp3) is 0.136. The molecule has 3 aliphatic rings. The SMILES string of the molecule is O=C(Oc1cc2c(c(O)c1C1c3c(O)cc(O)cc3OC(c3ccc(O)c(O)c3)C1O)C(c1c(O)cc3c(c1O)CC(OC(=O)c1cc(O)c(O)c(O)c1)C(c1ccc(O)c(O)c1)O3)C(OC(=O)c1cc(O)c(O)c(O)c1)C(c1ccc(O)c(O)c1)O2)c1cc(O)c(O)c(O)c1. The van der Waals surface area contributed by atoms with E-state index in [1.807, 2.05) is 0 Å². The molecule has 0 aromatic heterocycles. The molecule has 3 aliphatic heterocycles. The van der Waals surface area contributed by atoms with Crippen LogP contribution >= 0.6 is 0 Å². The molecule has 0 bridgehead atoms. The van der Waals surface area contributed by atoms with Crippen molar-refractivity contribution in [3.8, 4) is 138 Å². The molecule has 0 saturated carbocycles. The Hall–Kier alpha value is -13.3. The minimum absolute atomic E-state index is 0.0413. The van der Waals surface area contributed by atoms with Crippen molar-refractivity contribution in [3.63, 3.8) is 0 Å².